The van der Waals surface area contributed by atoms with E-state index in [0.717, 1.165) is 4.90 Å². The summed E-state index contributed by atoms with van der Waals surface area (Å²) in [4.78, 5) is 26.0. The normalized spacial score (nSPS) is 18.1. The van der Waals surface area contributed by atoms with E-state index in [1.807, 2.05) is 0 Å². The Morgan fingerprint density at radius 3 is 1.97 bits per heavy atom. The molecule has 1 heterocycles. The molecule has 9 heteroatoms. The Morgan fingerprint density at radius 1 is 0.897 bits per heavy atom. The van der Waals surface area contributed by atoms with Gasteiger partial charge in [0.15, 0.2) is 0 Å². The van der Waals surface area contributed by atoms with Crippen LogP contribution in [0.4, 0.5) is 26.3 Å². The Labute approximate surface area is 161 Å². The molecule has 1 atom stereocenters. The van der Waals surface area contributed by atoms with E-state index in [2.05, 4.69) is 0 Å². The molecule has 0 bridgehead atoms. The van der Waals surface area contributed by atoms with Crippen LogP contribution < -0.4 is 0 Å². The average Bonchev–Trinajstić information content (AvgIpc) is 2.66. The maximum absolute atomic E-state index is 13.1. The van der Waals surface area contributed by atoms with Gasteiger partial charge in [-0.3, -0.25) is 9.59 Å². The Morgan fingerprint density at radius 2 is 1.45 bits per heavy atom. The third-order valence-corrected chi connectivity index (χ3v) is 4.71. The number of amides is 1. The maximum Gasteiger partial charge on any atom is 0.416 e. The number of benzene rings is 2. The summed E-state index contributed by atoms with van der Waals surface area (Å²) in [5.74, 6) is -1.12. The third kappa shape index (κ3) is 4.60. The Kier molecular flexibility index (Phi) is 5.42. The molecule has 0 aromatic heterocycles. The van der Waals surface area contributed by atoms with E-state index in [0.29, 0.717) is 17.7 Å². The van der Waals surface area contributed by atoms with Crippen molar-refractivity contribution in [2.75, 3.05) is 6.54 Å². The van der Waals surface area contributed by atoms with Gasteiger partial charge in [0.25, 0.3) is 5.91 Å². The highest BCUT2D eigenvalue weighted by Gasteiger charge is 2.39. The van der Waals surface area contributed by atoms with Crippen LogP contribution in [0.5, 0.6) is 0 Å². The number of alkyl halides is 6. The van der Waals surface area contributed by atoms with Gasteiger partial charge in [0.05, 0.1) is 17.2 Å². The molecule has 1 fully saturated rings. The second kappa shape index (κ2) is 7.53. The first-order chi connectivity index (χ1) is 13.5. The predicted octanol–water partition coefficient (Wildman–Crippen LogP) is 5.27. The van der Waals surface area contributed by atoms with Crippen molar-refractivity contribution in [3.8, 4) is 0 Å². The van der Waals surface area contributed by atoms with Gasteiger partial charge in [-0.2, -0.15) is 26.3 Å². The van der Waals surface area contributed by atoms with Crippen molar-refractivity contribution in [1.29, 1.82) is 0 Å². The van der Waals surface area contributed by atoms with Crippen LogP contribution in [0.25, 0.3) is 0 Å². The van der Waals surface area contributed by atoms with Crippen LogP contribution in [0, 0.1) is 0 Å². The van der Waals surface area contributed by atoms with Gasteiger partial charge < -0.3 is 4.90 Å². The van der Waals surface area contributed by atoms with Crippen molar-refractivity contribution in [2.45, 2.75) is 31.2 Å². The van der Waals surface area contributed by atoms with E-state index in [-0.39, 0.29) is 31.2 Å². The largest absolute Gasteiger partial charge is 0.416 e. The van der Waals surface area contributed by atoms with Crippen LogP contribution in [-0.4, -0.2) is 23.1 Å². The van der Waals surface area contributed by atoms with Crippen LogP contribution in [0.3, 0.4) is 0 Å². The standard InChI is InChI=1S/C20H15F6NO2/c21-19(22,23)14-8-13(9-15(10-14)20(24,25)26)18(29)27-7-6-16(28)11-17(27)12-4-2-1-3-5-12/h1-5,8-10,17H,6-7,11H2. The second-order valence-electron chi connectivity index (χ2n) is 6.71. The SMILES string of the molecule is O=C1CCN(C(=O)c2cc(C(F)(F)F)cc(C(F)(F)F)c2)C(c2ccccc2)C1. The molecule has 0 radical (unpaired) electrons. The molecule has 2 aromatic rings. The molecule has 0 spiro atoms. The molecule has 1 aliphatic rings. The topological polar surface area (TPSA) is 37.4 Å². The summed E-state index contributed by atoms with van der Waals surface area (Å²) < 4.78 is 78.6. The van der Waals surface area contributed by atoms with Gasteiger partial charge in [-0.1, -0.05) is 30.3 Å². The molecule has 0 saturated carbocycles. The minimum absolute atomic E-state index is 0.0137. The molecule has 154 valence electrons. The van der Waals surface area contributed by atoms with Gasteiger partial charge >= 0.3 is 12.4 Å². The lowest BCUT2D eigenvalue weighted by molar-refractivity contribution is -0.143. The first-order valence-corrected chi connectivity index (χ1v) is 8.64. The van der Waals surface area contributed by atoms with Gasteiger partial charge in [0.2, 0.25) is 0 Å². The number of carbonyl (C=O) groups is 2. The molecule has 29 heavy (non-hydrogen) atoms. The maximum atomic E-state index is 13.1. The van der Waals surface area contributed by atoms with Crippen molar-refractivity contribution in [3.05, 3.63) is 70.8 Å². The number of carbonyl (C=O) groups excluding carboxylic acids is 2. The number of hydrogen-bond acceptors (Lipinski definition) is 2. The number of nitrogens with zero attached hydrogens (tertiary/aromatic N) is 1. The molecule has 2 aromatic carbocycles. The fourth-order valence-electron chi connectivity index (χ4n) is 3.29. The summed E-state index contributed by atoms with van der Waals surface area (Å²) in [6, 6.07) is 8.40. The van der Waals surface area contributed by atoms with Crippen LogP contribution in [0.2, 0.25) is 0 Å². The molecule has 3 rings (SSSR count). The zero-order valence-electron chi connectivity index (χ0n) is 14.8. The van der Waals surface area contributed by atoms with E-state index in [4.69, 9.17) is 0 Å². The fraction of sp³-hybridized carbons (Fsp3) is 0.300. The van der Waals surface area contributed by atoms with E-state index in [1.165, 1.54) is 0 Å². The van der Waals surface area contributed by atoms with Crippen LogP contribution >= 0.6 is 0 Å². The molecule has 1 amide bonds. The van der Waals surface area contributed by atoms with Gasteiger partial charge in [0.1, 0.15) is 5.78 Å². The predicted molar refractivity (Wildman–Crippen MR) is 90.9 cm³/mol. The van der Waals surface area contributed by atoms with Gasteiger partial charge in [0, 0.05) is 24.9 Å². The molecule has 1 aliphatic heterocycles. The average molecular weight is 415 g/mol. The quantitative estimate of drug-likeness (QED) is 0.627. The molecule has 0 N–H and O–H groups in total. The minimum Gasteiger partial charge on any atom is -0.331 e. The molecule has 1 unspecified atom stereocenters. The van der Waals surface area contributed by atoms with Gasteiger partial charge in [-0.05, 0) is 23.8 Å². The van der Waals surface area contributed by atoms with Crippen LogP contribution in [-0.2, 0) is 17.1 Å². The van der Waals surface area contributed by atoms with Crippen molar-refractivity contribution < 1.29 is 35.9 Å². The lowest BCUT2D eigenvalue weighted by Crippen LogP contribution is -2.41. The zero-order chi connectivity index (χ0) is 21.4. The number of halogens is 6. The smallest absolute Gasteiger partial charge is 0.331 e. The summed E-state index contributed by atoms with van der Waals surface area (Å²) >= 11 is 0. The summed E-state index contributed by atoms with van der Waals surface area (Å²) in [6.45, 7) is -0.0885. The highest BCUT2D eigenvalue weighted by molar-refractivity contribution is 5.96. The summed E-state index contributed by atoms with van der Waals surface area (Å²) in [5, 5.41) is 0. The zero-order valence-corrected chi connectivity index (χ0v) is 14.8. The van der Waals surface area contributed by atoms with Crippen LogP contribution in [0.1, 0.15) is 45.9 Å². The molecule has 3 nitrogen and oxygen atoms in total. The monoisotopic (exact) mass is 415 g/mol. The molecule has 0 aliphatic carbocycles. The van der Waals surface area contributed by atoms with E-state index in [1.54, 1.807) is 30.3 Å². The number of Topliss-reactive ketones (excluding diaryl/α,β-unsaturated/α-hetero) is 1. The van der Waals surface area contributed by atoms with E-state index >= 15 is 0 Å². The minimum atomic E-state index is -5.05. The highest BCUT2D eigenvalue weighted by atomic mass is 19.4. The van der Waals surface area contributed by atoms with Crippen molar-refractivity contribution >= 4 is 11.7 Å². The molecular formula is C20H15F6NO2. The number of hydrogen-bond donors (Lipinski definition) is 0. The number of rotatable bonds is 2. The molecule has 1 saturated heterocycles. The first-order valence-electron chi connectivity index (χ1n) is 8.64. The number of ketones is 1. The summed E-state index contributed by atoms with van der Waals surface area (Å²) in [6.07, 6.45) is -10.2. The van der Waals surface area contributed by atoms with Crippen molar-refractivity contribution in [1.82, 2.24) is 4.90 Å². The third-order valence-electron chi connectivity index (χ3n) is 4.71. The number of likely N-dealkylation sites (tertiary alicyclic amines) is 1. The fourth-order valence-corrected chi connectivity index (χ4v) is 3.29. The van der Waals surface area contributed by atoms with Crippen molar-refractivity contribution in [2.24, 2.45) is 0 Å². The summed E-state index contributed by atoms with van der Waals surface area (Å²) in [7, 11) is 0. The van der Waals surface area contributed by atoms with Crippen molar-refractivity contribution in [3.63, 3.8) is 0 Å². The number of piperidine rings is 1. The van der Waals surface area contributed by atoms with E-state index in [9.17, 15) is 35.9 Å². The second-order valence-corrected chi connectivity index (χ2v) is 6.71. The Hall–Kier alpha value is -2.84. The highest BCUT2D eigenvalue weighted by Crippen LogP contribution is 2.37. The summed E-state index contributed by atoms with van der Waals surface area (Å²) in [5.41, 5.74) is -3.25. The first kappa shape index (κ1) is 20.9. The van der Waals surface area contributed by atoms with Crippen LogP contribution in [0.15, 0.2) is 48.5 Å². The van der Waals surface area contributed by atoms with Gasteiger partial charge in [-0.25, -0.2) is 0 Å². The van der Waals surface area contributed by atoms with Gasteiger partial charge in [-0.15, -0.1) is 0 Å². The Balaban J connectivity index is 2.05. The lowest BCUT2D eigenvalue weighted by atomic mass is 9.93. The lowest BCUT2D eigenvalue weighted by Gasteiger charge is -2.35. The van der Waals surface area contributed by atoms with E-state index < -0.39 is 41.0 Å². The molecular weight excluding hydrogens is 400 g/mol. The Bertz CT molecular complexity index is 889.